The third kappa shape index (κ3) is 20.2. The van der Waals surface area contributed by atoms with Gasteiger partial charge in [-0.3, -0.25) is 4.79 Å². The largest absolute Gasteiger partial charge is 0.459 e. The second-order valence-electron chi connectivity index (χ2n) is 39.7. The summed E-state index contributed by atoms with van der Waals surface area (Å²) in [6.45, 7) is 27.2. The van der Waals surface area contributed by atoms with Gasteiger partial charge in [0.2, 0.25) is 6.29 Å². The molecule has 0 radical (unpaired) electrons. The number of aliphatic hydroxyl groups excluding tert-OH is 16. The van der Waals surface area contributed by atoms with E-state index < -0.39 is 293 Å². The number of fused-ring (bicyclic) bond motifs is 7. The molecule has 0 spiro atoms. The van der Waals surface area contributed by atoms with E-state index in [0.717, 1.165) is 18.4 Å². The maximum Gasteiger partial charge on any atom is 0.333 e. The molecule has 7 saturated heterocycles. The molecule has 41 atom stereocenters. The Morgan fingerprint density at radius 2 is 0.984 bits per heavy atom. The minimum Gasteiger partial charge on any atom is -0.459 e. The van der Waals surface area contributed by atoms with Gasteiger partial charge < -0.3 is 168 Å². The van der Waals surface area contributed by atoms with E-state index in [-0.39, 0.29) is 59.5 Å². The van der Waals surface area contributed by atoms with Gasteiger partial charge in [-0.05, 0) is 169 Å². The van der Waals surface area contributed by atoms with Crippen molar-refractivity contribution in [2.45, 2.75) is 381 Å². The van der Waals surface area contributed by atoms with Gasteiger partial charge in [-0.15, -0.1) is 13.2 Å². The standard InChI is InChI=1S/C88H138O37/c1-15-83(10,108)25-17-19-40(3)71(105)110-38-50-58(97)68(120-72(106)41(4)20-18-26-84(11,109)16-2)70(124-76-64(103)60(99)66(42(5)116-76)121-75-65(104)67(48(92)37-113-75)122-73-61(100)54(93)45(89)34-111-73)79(118-50)125-80(107)88-31-29-81(6,7)33-44(88)43-21-22-52-85(12)27-24-53(82(8,9)51(85)23-28-87(52,14)86(43,13)30-32-88)119-77-63(102)59(98)57(96)49(117-77)39-115-78-69(56(95)47(91)36-114-78)123-74-62(101)55(94)46(90)35-112-74/h15-16,19-21,42,44-70,73-79,89-104,108-109H,1-2,17-18,22-39H2,3-14H3. The first-order valence-corrected chi connectivity index (χ1v) is 44.1. The van der Waals surface area contributed by atoms with Crippen molar-refractivity contribution in [3.05, 3.63) is 60.3 Å². The lowest BCUT2D eigenvalue weighted by atomic mass is 9.33. The van der Waals surface area contributed by atoms with Crippen molar-refractivity contribution in [1.29, 1.82) is 0 Å². The maximum absolute atomic E-state index is 16.5. The molecule has 11 fully saturated rings. The van der Waals surface area contributed by atoms with Crippen LogP contribution >= 0.6 is 0 Å². The molecule has 712 valence electrons. The fourth-order valence-corrected chi connectivity index (χ4v) is 21.8. The minimum atomic E-state index is -2.15. The molecular weight excluding hydrogens is 1650 g/mol. The third-order valence-corrected chi connectivity index (χ3v) is 30.3. The number of hydrogen-bond acceptors (Lipinski definition) is 37. The van der Waals surface area contributed by atoms with Gasteiger partial charge in [0.15, 0.2) is 49.9 Å². The molecule has 41 unspecified atom stereocenters. The topological polar surface area (TPSA) is 563 Å². The normalized spacial score (nSPS) is 47.4. The minimum absolute atomic E-state index is 0.00231. The maximum atomic E-state index is 16.5. The summed E-state index contributed by atoms with van der Waals surface area (Å²) in [5, 5.41) is 199. The Balaban J connectivity index is 0.807. The van der Waals surface area contributed by atoms with Crippen LogP contribution in [0.15, 0.2) is 60.3 Å². The number of aliphatic hydroxyl groups is 18. The monoisotopic (exact) mass is 1790 g/mol. The van der Waals surface area contributed by atoms with Crippen LogP contribution in [-0.4, -0.2) is 357 Å². The Bertz CT molecular complexity index is 3800. The zero-order chi connectivity index (χ0) is 91.7. The Morgan fingerprint density at radius 3 is 1.59 bits per heavy atom. The number of carbonyl (C=O) groups excluding carboxylic acids is 3. The van der Waals surface area contributed by atoms with Gasteiger partial charge in [-0.2, -0.15) is 0 Å². The van der Waals surface area contributed by atoms with Crippen molar-refractivity contribution in [3.8, 4) is 0 Å². The average molecular weight is 1790 g/mol. The molecule has 7 heterocycles. The number of rotatable bonds is 28. The molecule has 4 saturated carbocycles. The Hall–Kier alpha value is -4.13. The highest BCUT2D eigenvalue weighted by molar-refractivity contribution is 5.88. The van der Waals surface area contributed by atoms with E-state index in [1.54, 1.807) is 13.0 Å². The van der Waals surface area contributed by atoms with Gasteiger partial charge in [-0.25, -0.2) is 9.59 Å². The molecule has 37 heteroatoms. The molecule has 12 aliphatic rings. The number of carbonyl (C=O) groups is 3. The van der Waals surface area contributed by atoms with Crippen LogP contribution in [0.3, 0.4) is 0 Å². The van der Waals surface area contributed by atoms with E-state index >= 15 is 4.79 Å². The molecule has 0 bridgehead atoms. The Labute approximate surface area is 728 Å². The van der Waals surface area contributed by atoms with Crippen LogP contribution in [0.5, 0.6) is 0 Å². The summed E-state index contributed by atoms with van der Waals surface area (Å²) in [6, 6.07) is 0. The van der Waals surface area contributed by atoms with Gasteiger partial charge in [0.25, 0.3) is 0 Å². The van der Waals surface area contributed by atoms with Crippen molar-refractivity contribution < 1.29 is 182 Å². The van der Waals surface area contributed by atoms with Crippen molar-refractivity contribution in [3.63, 3.8) is 0 Å². The van der Waals surface area contributed by atoms with E-state index in [4.69, 9.17) is 75.8 Å². The van der Waals surface area contributed by atoms with Crippen molar-refractivity contribution >= 4 is 17.9 Å². The number of ether oxygens (including phenoxy) is 16. The van der Waals surface area contributed by atoms with Crippen molar-refractivity contribution in [2.75, 3.05) is 39.6 Å². The quantitative estimate of drug-likeness (QED) is 0.0154. The highest BCUT2D eigenvalue weighted by Crippen LogP contribution is 2.76. The zero-order valence-corrected chi connectivity index (χ0v) is 73.5. The Morgan fingerprint density at radius 1 is 0.480 bits per heavy atom. The number of hydrogen-bond donors (Lipinski definition) is 18. The molecule has 7 aliphatic heterocycles. The second-order valence-corrected chi connectivity index (χ2v) is 39.7. The summed E-state index contributed by atoms with van der Waals surface area (Å²) in [5.41, 5.74) is -4.94. The highest BCUT2D eigenvalue weighted by atomic mass is 16.8. The molecule has 0 aromatic carbocycles. The van der Waals surface area contributed by atoms with Crippen LogP contribution in [-0.2, 0) is 90.2 Å². The summed E-state index contributed by atoms with van der Waals surface area (Å²) in [7, 11) is 0. The lowest BCUT2D eigenvalue weighted by molar-refractivity contribution is -0.379. The molecule has 5 aliphatic carbocycles. The molecule has 0 aromatic heterocycles. The molecular formula is C88H138O37. The first kappa shape index (κ1) is 99.9. The summed E-state index contributed by atoms with van der Waals surface area (Å²) in [4.78, 5) is 45.2. The third-order valence-electron chi connectivity index (χ3n) is 30.3. The predicted molar refractivity (Wildman–Crippen MR) is 431 cm³/mol. The van der Waals surface area contributed by atoms with Crippen LogP contribution < -0.4 is 0 Å². The highest BCUT2D eigenvalue weighted by Gasteiger charge is 2.71. The van der Waals surface area contributed by atoms with Crippen LogP contribution in [0.4, 0.5) is 0 Å². The van der Waals surface area contributed by atoms with Gasteiger partial charge in [0, 0.05) is 11.1 Å². The van der Waals surface area contributed by atoms with E-state index in [0.29, 0.717) is 51.4 Å². The average Bonchev–Trinajstić information content (AvgIpc) is 0.673. The molecule has 12 rings (SSSR count). The van der Waals surface area contributed by atoms with Crippen LogP contribution in [0.1, 0.15) is 173 Å². The molecule has 18 N–H and O–H groups in total. The Kier molecular flexibility index (Phi) is 31.3. The SMILES string of the molecule is C=CC(C)(O)CCC=C(C)C(=O)OCC1OC(OC(=O)C23CCC(C)(C)CC2C2=CCC4C5(C)CCC(OC6OC(COC7OCC(O)C(O)C7OC7OCC(O)C(O)C7O)C(O)C(O)C6O)C(C)(C)C5CCC4(C)C2(C)CC3)C(OC2OC(C)C(OC3OCC(O)C(OC4OCC(O)C(O)C4O)C3O)C(O)C2O)C(OC(=O)C(C)=CCCC(C)(O)C=C)C1O. The van der Waals surface area contributed by atoms with Gasteiger partial charge in [0.1, 0.15) is 135 Å². The van der Waals surface area contributed by atoms with E-state index in [9.17, 15) is 102 Å². The number of allylic oxidation sites excluding steroid dienone is 4. The number of esters is 3. The predicted octanol–water partition coefficient (Wildman–Crippen LogP) is -0.550. The van der Waals surface area contributed by atoms with E-state index in [2.05, 4.69) is 67.7 Å². The van der Waals surface area contributed by atoms with E-state index in [1.807, 2.05) is 0 Å². The molecule has 0 amide bonds. The lowest BCUT2D eigenvalue weighted by Crippen LogP contribution is -2.67. The van der Waals surface area contributed by atoms with Gasteiger partial charge in [-0.1, -0.05) is 84.4 Å². The van der Waals surface area contributed by atoms with Gasteiger partial charge in [0.05, 0.1) is 61.9 Å². The first-order valence-electron chi connectivity index (χ1n) is 44.1. The summed E-state index contributed by atoms with van der Waals surface area (Å²) < 4.78 is 97.5. The molecule has 0 aromatic rings. The summed E-state index contributed by atoms with van der Waals surface area (Å²) in [5.74, 6) is -3.05. The smallest absolute Gasteiger partial charge is 0.333 e. The van der Waals surface area contributed by atoms with E-state index in [1.165, 1.54) is 45.9 Å². The molecule has 125 heavy (non-hydrogen) atoms. The summed E-state index contributed by atoms with van der Waals surface area (Å²) in [6.07, 6.45) is -39.6. The summed E-state index contributed by atoms with van der Waals surface area (Å²) >= 11 is 0. The van der Waals surface area contributed by atoms with Crippen molar-refractivity contribution in [2.24, 2.45) is 50.2 Å². The van der Waals surface area contributed by atoms with Crippen LogP contribution in [0.25, 0.3) is 0 Å². The fourth-order valence-electron chi connectivity index (χ4n) is 21.8. The molecule has 37 nitrogen and oxygen atoms in total. The first-order chi connectivity index (χ1) is 58.5. The zero-order valence-electron chi connectivity index (χ0n) is 73.5. The fraction of sp³-hybridized carbons (Fsp3) is 0.852. The van der Waals surface area contributed by atoms with Crippen LogP contribution in [0.2, 0.25) is 0 Å². The van der Waals surface area contributed by atoms with Crippen molar-refractivity contribution in [1.82, 2.24) is 0 Å². The second kappa shape index (κ2) is 39.2. The van der Waals surface area contributed by atoms with Crippen LogP contribution in [0, 0.1) is 50.2 Å². The lowest BCUT2D eigenvalue weighted by Gasteiger charge is -2.71. The van der Waals surface area contributed by atoms with Gasteiger partial charge >= 0.3 is 17.9 Å².